The van der Waals surface area contributed by atoms with Crippen LogP contribution in [0.5, 0.6) is 5.75 Å². The number of benzene rings is 1. The van der Waals surface area contributed by atoms with Crippen LogP contribution >= 0.6 is 24.0 Å². The van der Waals surface area contributed by atoms with Crippen molar-refractivity contribution >= 4 is 51.7 Å². The van der Waals surface area contributed by atoms with Crippen LogP contribution in [0.3, 0.4) is 0 Å². The molecule has 192 valence electrons. The average Bonchev–Trinajstić information content (AvgIpc) is 3.18. The van der Waals surface area contributed by atoms with Crippen LogP contribution in [-0.2, 0) is 11.3 Å². The van der Waals surface area contributed by atoms with Crippen molar-refractivity contribution in [2.24, 2.45) is 0 Å². The molecule has 1 aromatic carbocycles. The van der Waals surface area contributed by atoms with Crippen LogP contribution in [0.1, 0.15) is 49.3 Å². The number of anilines is 1. The summed E-state index contributed by atoms with van der Waals surface area (Å²) in [5.41, 5.74) is 2.78. The molecule has 0 spiro atoms. The summed E-state index contributed by atoms with van der Waals surface area (Å²) in [4.78, 5) is 36.5. The van der Waals surface area contributed by atoms with Gasteiger partial charge in [0, 0.05) is 18.8 Å². The minimum absolute atomic E-state index is 0.176. The smallest absolute Gasteiger partial charge is 0.267 e. The Labute approximate surface area is 226 Å². The molecular formula is C28H30N4O3S2. The second-order valence-electron chi connectivity index (χ2n) is 9.46. The van der Waals surface area contributed by atoms with Crippen LogP contribution in [0.4, 0.5) is 5.82 Å². The van der Waals surface area contributed by atoms with Crippen LogP contribution in [0.25, 0.3) is 11.7 Å². The molecule has 0 radical (unpaired) electrons. The van der Waals surface area contributed by atoms with Crippen LogP contribution < -0.4 is 15.2 Å². The number of fused-ring (bicyclic) bond motifs is 1. The summed E-state index contributed by atoms with van der Waals surface area (Å²) in [6.07, 6.45) is 7.75. The fourth-order valence-electron chi connectivity index (χ4n) is 4.98. The number of hydrogen-bond acceptors (Lipinski definition) is 7. The highest BCUT2D eigenvalue weighted by Gasteiger charge is 2.33. The summed E-state index contributed by atoms with van der Waals surface area (Å²) in [6, 6.07) is 11.7. The van der Waals surface area contributed by atoms with Gasteiger partial charge < -0.3 is 9.64 Å². The van der Waals surface area contributed by atoms with Crippen LogP contribution in [0.2, 0.25) is 0 Å². The van der Waals surface area contributed by atoms with Crippen molar-refractivity contribution in [2.75, 3.05) is 18.6 Å². The number of nitrogens with zero attached hydrogens (tertiary/aromatic N) is 4. The lowest BCUT2D eigenvalue weighted by Crippen LogP contribution is -2.41. The third-order valence-corrected chi connectivity index (χ3v) is 8.38. The van der Waals surface area contributed by atoms with E-state index in [1.165, 1.54) is 18.2 Å². The number of ether oxygens (including phenoxy) is 1. The molecule has 0 N–H and O–H groups in total. The minimum atomic E-state index is -0.198. The molecule has 1 unspecified atom stereocenters. The molecule has 3 aromatic rings. The first-order valence-corrected chi connectivity index (χ1v) is 13.8. The fourth-order valence-corrected chi connectivity index (χ4v) is 6.21. The number of carbonyl (C=O) groups is 1. The van der Waals surface area contributed by atoms with E-state index >= 15 is 0 Å². The fraction of sp³-hybridized carbons (Fsp3) is 0.357. The molecule has 1 atom stereocenters. The van der Waals surface area contributed by atoms with Crippen molar-refractivity contribution in [1.82, 2.24) is 14.3 Å². The summed E-state index contributed by atoms with van der Waals surface area (Å²) in [5, 5.41) is 0. The maximum Gasteiger partial charge on any atom is 0.267 e. The van der Waals surface area contributed by atoms with Crippen molar-refractivity contribution in [2.45, 2.75) is 52.1 Å². The number of methoxy groups -OCH3 is 1. The van der Waals surface area contributed by atoms with E-state index in [2.05, 4.69) is 11.8 Å². The Hall–Kier alpha value is -3.17. The predicted molar refractivity (Wildman–Crippen MR) is 153 cm³/mol. The first-order valence-electron chi connectivity index (χ1n) is 12.6. The van der Waals surface area contributed by atoms with E-state index in [9.17, 15) is 9.59 Å². The lowest BCUT2D eigenvalue weighted by atomic mass is 9.99. The van der Waals surface area contributed by atoms with Gasteiger partial charge in [-0.3, -0.25) is 18.9 Å². The molecule has 2 aliphatic heterocycles. The molecule has 1 amide bonds. The van der Waals surface area contributed by atoms with Crippen molar-refractivity contribution in [3.63, 3.8) is 0 Å². The summed E-state index contributed by atoms with van der Waals surface area (Å²) in [6.45, 7) is 5.31. The van der Waals surface area contributed by atoms with Crippen molar-refractivity contribution in [3.05, 3.63) is 74.5 Å². The third-order valence-electron chi connectivity index (χ3n) is 7.00. The number of hydrogen-bond donors (Lipinski definition) is 0. The number of thioether (sulfide) groups is 1. The van der Waals surface area contributed by atoms with Gasteiger partial charge in [0.15, 0.2) is 0 Å². The normalized spacial score (nSPS) is 19.3. The molecule has 0 saturated carbocycles. The number of aryl methyl sites for hydroxylation is 1. The molecule has 4 heterocycles. The number of carbonyl (C=O) groups excluding carboxylic acids is 1. The van der Waals surface area contributed by atoms with Crippen LogP contribution in [0.15, 0.2) is 52.3 Å². The van der Waals surface area contributed by atoms with Gasteiger partial charge in [0.25, 0.3) is 11.5 Å². The first-order chi connectivity index (χ1) is 17.9. The quantitative estimate of drug-likeness (QED) is 0.319. The monoisotopic (exact) mass is 534 g/mol. The molecule has 0 bridgehead atoms. The number of piperidine rings is 1. The zero-order valence-electron chi connectivity index (χ0n) is 21.3. The van der Waals surface area contributed by atoms with Gasteiger partial charge in [0.05, 0.1) is 24.1 Å². The highest BCUT2D eigenvalue weighted by Crippen LogP contribution is 2.35. The topological polar surface area (TPSA) is 67.2 Å². The zero-order valence-corrected chi connectivity index (χ0v) is 22.9. The van der Waals surface area contributed by atoms with Crippen molar-refractivity contribution in [1.29, 1.82) is 0 Å². The third kappa shape index (κ3) is 5.02. The van der Waals surface area contributed by atoms with E-state index in [1.807, 2.05) is 43.3 Å². The molecule has 0 aliphatic carbocycles. The Bertz CT molecular complexity index is 1450. The van der Waals surface area contributed by atoms with E-state index < -0.39 is 0 Å². The Kier molecular flexibility index (Phi) is 7.35. The SMILES string of the molecule is CCC1CCCCN1c1nc2ccc(C)cn2c(=O)c1C=C1SC(=S)N(Cc2ccc(OC)cc2)C1=O. The minimum Gasteiger partial charge on any atom is -0.497 e. The van der Waals surface area contributed by atoms with Gasteiger partial charge in [0.2, 0.25) is 0 Å². The number of pyridine rings is 1. The largest absolute Gasteiger partial charge is 0.497 e. The standard InChI is InChI=1S/C28H30N4O3S2/c1-4-20-7-5-6-14-30(20)25-22(26(33)31-16-18(2)8-13-24(31)29-25)15-23-27(34)32(28(36)37-23)17-19-9-11-21(35-3)12-10-19/h8-13,15-16,20H,4-7,14,17H2,1-3H3. The molecule has 5 rings (SSSR count). The second kappa shape index (κ2) is 10.7. The Morgan fingerprint density at radius 2 is 1.95 bits per heavy atom. The molecule has 2 aromatic heterocycles. The molecule has 9 heteroatoms. The predicted octanol–water partition coefficient (Wildman–Crippen LogP) is 5.18. The second-order valence-corrected chi connectivity index (χ2v) is 11.1. The van der Waals surface area contributed by atoms with Gasteiger partial charge >= 0.3 is 0 Å². The first kappa shape index (κ1) is 25.5. The van der Waals surface area contributed by atoms with E-state index in [0.717, 1.165) is 42.7 Å². The van der Waals surface area contributed by atoms with Gasteiger partial charge in [-0.05, 0) is 68.0 Å². The van der Waals surface area contributed by atoms with Crippen molar-refractivity contribution < 1.29 is 9.53 Å². The molecule has 2 fully saturated rings. The zero-order chi connectivity index (χ0) is 26.1. The summed E-state index contributed by atoms with van der Waals surface area (Å²) < 4.78 is 7.28. The Morgan fingerprint density at radius 1 is 1.16 bits per heavy atom. The van der Waals surface area contributed by atoms with E-state index in [4.69, 9.17) is 21.9 Å². The Balaban J connectivity index is 1.56. The van der Waals surface area contributed by atoms with E-state index in [0.29, 0.717) is 38.8 Å². The highest BCUT2D eigenvalue weighted by molar-refractivity contribution is 8.26. The van der Waals surface area contributed by atoms with Crippen LogP contribution in [0, 0.1) is 6.92 Å². The molecular weight excluding hydrogens is 504 g/mol. The molecule has 2 aliphatic rings. The number of rotatable bonds is 6. The van der Waals surface area contributed by atoms with Gasteiger partial charge in [-0.15, -0.1) is 0 Å². The van der Waals surface area contributed by atoms with E-state index in [1.54, 1.807) is 28.7 Å². The molecule has 37 heavy (non-hydrogen) atoms. The lowest BCUT2D eigenvalue weighted by molar-refractivity contribution is -0.122. The molecule has 2 saturated heterocycles. The molecule has 7 nitrogen and oxygen atoms in total. The summed E-state index contributed by atoms with van der Waals surface area (Å²) in [7, 11) is 1.62. The van der Waals surface area contributed by atoms with Gasteiger partial charge in [-0.1, -0.05) is 49.1 Å². The maximum absolute atomic E-state index is 13.8. The van der Waals surface area contributed by atoms with Gasteiger partial charge in [-0.2, -0.15) is 0 Å². The summed E-state index contributed by atoms with van der Waals surface area (Å²) >= 11 is 6.81. The lowest BCUT2D eigenvalue weighted by Gasteiger charge is -2.37. The number of amides is 1. The van der Waals surface area contributed by atoms with Gasteiger partial charge in [0.1, 0.15) is 21.5 Å². The Morgan fingerprint density at radius 3 is 2.68 bits per heavy atom. The highest BCUT2D eigenvalue weighted by atomic mass is 32.2. The van der Waals surface area contributed by atoms with Crippen LogP contribution in [-0.4, -0.2) is 44.2 Å². The van der Waals surface area contributed by atoms with E-state index in [-0.39, 0.29) is 11.5 Å². The summed E-state index contributed by atoms with van der Waals surface area (Å²) in [5.74, 6) is 1.21. The van der Waals surface area contributed by atoms with Crippen molar-refractivity contribution in [3.8, 4) is 5.75 Å². The number of thiocarbonyl (C=S) groups is 1. The maximum atomic E-state index is 13.8. The number of aromatic nitrogens is 2. The van der Waals surface area contributed by atoms with Gasteiger partial charge in [-0.25, -0.2) is 4.98 Å². The average molecular weight is 535 g/mol.